The van der Waals surface area contributed by atoms with E-state index in [1.54, 1.807) is 0 Å². The Balaban J connectivity index is 1.81. The molecule has 0 heterocycles. The van der Waals surface area contributed by atoms with Gasteiger partial charge in [0.25, 0.3) is 0 Å². The normalized spacial score (nSPS) is 15.9. The van der Waals surface area contributed by atoms with Gasteiger partial charge in [-0.1, -0.05) is 13.8 Å². The van der Waals surface area contributed by atoms with Gasteiger partial charge in [-0.3, -0.25) is 4.79 Å². The van der Waals surface area contributed by atoms with E-state index in [-0.39, 0.29) is 5.91 Å². The summed E-state index contributed by atoms with van der Waals surface area (Å²) in [6.07, 6.45) is 3.23. The maximum absolute atomic E-state index is 11.2. The Morgan fingerprint density at radius 3 is 2.71 bits per heavy atom. The third-order valence-electron chi connectivity index (χ3n) is 2.33. The van der Waals surface area contributed by atoms with Gasteiger partial charge < -0.3 is 10.1 Å². The standard InChI is InChI=1S/C11H21NO2/c1-9(2)5-7-14-8-6-12-11(13)10-3-4-10/h9-10H,3-8H2,1-2H3,(H,12,13). The minimum atomic E-state index is 0.206. The van der Waals surface area contributed by atoms with Crippen LogP contribution in [0.3, 0.4) is 0 Å². The van der Waals surface area contributed by atoms with E-state index in [2.05, 4.69) is 19.2 Å². The van der Waals surface area contributed by atoms with Crippen LogP contribution < -0.4 is 5.32 Å². The molecule has 1 fully saturated rings. The summed E-state index contributed by atoms with van der Waals surface area (Å²) in [5.74, 6) is 1.21. The number of amides is 1. The van der Waals surface area contributed by atoms with Gasteiger partial charge in [0.05, 0.1) is 6.61 Å². The highest BCUT2D eigenvalue weighted by molar-refractivity contribution is 5.80. The van der Waals surface area contributed by atoms with Crippen LogP contribution in [0, 0.1) is 11.8 Å². The van der Waals surface area contributed by atoms with Crippen LogP contribution in [0.1, 0.15) is 33.1 Å². The lowest BCUT2D eigenvalue weighted by Crippen LogP contribution is -2.28. The molecule has 0 bridgehead atoms. The molecule has 82 valence electrons. The third kappa shape index (κ3) is 5.22. The molecule has 1 rings (SSSR count). The Morgan fingerprint density at radius 2 is 2.14 bits per heavy atom. The molecule has 0 aromatic carbocycles. The lowest BCUT2D eigenvalue weighted by Gasteiger charge is -2.07. The fourth-order valence-corrected chi connectivity index (χ4v) is 1.16. The summed E-state index contributed by atoms with van der Waals surface area (Å²) in [6, 6.07) is 0. The van der Waals surface area contributed by atoms with E-state index in [1.165, 1.54) is 0 Å². The summed E-state index contributed by atoms with van der Waals surface area (Å²) in [7, 11) is 0. The Bertz CT molecular complexity index is 176. The van der Waals surface area contributed by atoms with Crippen molar-refractivity contribution < 1.29 is 9.53 Å². The minimum absolute atomic E-state index is 0.206. The average Bonchev–Trinajstić information content (AvgIpc) is 2.92. The fraction of sp³-hybridized carbons (Fsp3) is 0.909. The van der Waals surface area contributed by atoms with Gasteiger partial charge in [0.2, 0.25) is 5.91 Å². The number of hydrogen-bond donors (Lipinski definition) is 1. The van der Waals surface area contributed by atoms with E-state index < -0.39 is 0 Å². The van der Waals surface area contributed by atoms with Crippen molar-refractivity contribution in [1.82, 2.24) is 5.32 Å². The Morgan fingerprint density at radius 1 is 1.43 bits per heavy atom. The third-order valence-corrected chi connectivity index (χ3v) is 2.33. The van der Waals surface area contributed by atoms with Gasteiger partial charge in [-0.15, -0.1) is 0 Å². The summed E-state index contributed by atoms with van der Waals surface area (Å²) >= 11 is 0. The van der Waals surface area contributed by atoms with Gasteiger partial charge in [0.15, 0.2) is 0 Å². The molecule has 0 atom stereocenters. The molecule has 0 saturated heterocycles. The van der Waals surface area contributed by atoms with Crippen molar-refractivity contribution in [3.63, 3.8) is 0 Å². The number of hydrogen-bond acceptors (Lipinski definition) is 2. The maximum atomic E-state index is 11.2. The van der Waals surface area contributed by atoms with Gasteiger partial charge in [0, 0.05) is 19.1 Å². The van der Waals surface area contributed by atoms with E-state index in [0.717, 1.165) is 25.9 Å². The summed E-state index contributed by atoms with van der Waals surface area (Å²) in [4.78, 5) is 11.2. The van der Waals surface area contributed by atoms with E-state index in [9.17, 15) is 4.79 Å². The van der Waals surface area contributed by atoms with Crippen molar-refractivity contribution in [2.24, 2.45) is 11.8 Å². The highest BCUT2D eigenvalue weighted by Crippen LogP contribution is 2.28. The first kappa shape index (κ1) is 11.5. The summed E-state index contributed by atoms with van der Waals surface area (Å²) in [5.41, 5.74) is 0. The van der Waals surface area contributed by atoms with Gasteiger partial charge in [-0.2, -0.15) is 0 Å². The Hall–Kier alpha value is -0.570. The number of nitrogens with one attached hydrogen (secondary N) is 1. The average molecular weight is 199 g/mol. The summed E-state index contributed by atoms with van der Waals surface area (Å²) in [6.45, 7) is 6.46. The molecule has 3 nitrogen and oxygen atoms in total. The van der Waals surface area contributed by atoms with Gasteiger partial charge in [0.1, 0.15) is 0 Å². The van der Waals surface area contributed by atoms with Crippen LogP contribution in [0.25, 0.3) is 0 Å². The predicted octanol–water partition coefficient (Wildman–Crippen LogP) is 1.58. The lowest BCUT2D eigenvalue weighted by molar-refractivity contribution is -0.122. The maximum Gasteiger partial charge on any atom is 0.223 e. The van der Waals surface area contributed by atoms with E-state index >= 15 is 0 Å². The highest BCUT2D eigenvalue weighted by Gasteiger charge is 2.28. The molecular weight excluding hydrogens is 178 g/mol. The van der Waals surface area contributed by atoms with Crippen LogP contribution in [0.15, 0.2) is 0 Å². The largest absolute Gasteiger partial charge is 0.380 e. The second-order valence-corrected chi connectivity index (χ2v) is 4.36. The van der Waals surface area contributed by atoms with Crippen molar-refractivity contribution in [2.45, 2.75) is 33.1 Å². The second kappa shape index (κ2) is 6.02. The number of carbonyl (C=O) groups is 1. The van der Waals surface area contributed by atoms with Crippen molar-refractivity contribution in [1.29, 1.82) is 0 Å². The minimum Gasteiger partial charge on any atom is -0.380 e. The van der Waals surface area contributed by atoms with E-state index in [4.69, 9.17) is 4.74 Å². The Kier molecular flexibility index (Phi) is 4.94. The molecule has 1 aliphatic carbocycles. The SMILES string of the molecule is CC(C)CCOCCNC(=O)C1CC1. The summed E-state index contributed by atoms with van der Waals surface area (Å²) < 4.78 is 5.38. The smallest absolute Gasteiger partial charge is 0.223 e. The topological polar surface area (TPSA) is 38.3 Å². The van der Waals surface area contributed by atoms with E-state index in [1.807, 2.05) is 0 Å². The summed E-state index contributed by atoms with van der Waals surface area (Å²) in [5, 5.41) is 2.87. The first-order chi connectivity index (χ1) is 6.70. The molecule has 0 radical (unpaired) electrons. The second-order valence-electron chi connectivity index (χ2n) is 4.36. The molecule has 0 aromatic heterocycles. The monoisotopic (exact) mass is 199 g/mol. The van der Waals surface area contributed by atoms with Crippen molar-refractivity contribution in [3.05, 3.63) is 0 Å². The molecular formula is C11H21NO2. The number of ether oxygens (including phenoxy) is 1. The highest BCUT2D eigenvalue weighted by atomic mass is 16.5. The molecule has 0 unspecified atom stereocenters. The molecule has 0 spiro atoms. The van der Waals surface area contributed by atoms with E-state index in [0.29, 0.717) is 25.0 Å². The molecule has 1 saturated carbocycles. The molecule has 1 N–H and O–H groups in total. The Labute approximate surface area is 86.2 Å². The predicted molar refractivity (Wildman–Crippen MR) is 56.0 cm³/mol. The fourth-order valence-electron chi connectivity index (χ4n) is 1.16. The molecule has 14 heavy (non-hydrogen) atoms. The van der Waals surface area contributed by atoms with Crippen molar-refractivity contribution in [2.75, 3.05) is 19.8 Å². The zero-order chi connectivity index (χ0) is 10.4. The van der Waals surface area contributed by atoms with Crippen LogP contribution in [0.5, 0.6) is 0 Å². The molecule has 1 amide bonds. The zero-order valence-corrected chi connectivity index (χ0v) is 9.21. The van der Waals surface area contributed by atoms with Crippen LogP contribution in [0.2, 0.25) is 0 Å². The van der Waals surface area contributed by atoms with Gasteiger partial charge in [-0.25, -0.2) is 0 Å². The molecule has 0 aromatic rings. The first-order valence-corrected chi connectivity index (χ1v) is 5.55. The van der Waals surface area contributed by atoms with Crippen LogP contribution in [0.4, 0.5) is 0 Å². The molecule has 1 aliphatic rings. The molecule has 0 aliphatic heterocycles. The zero-order valence-electron chi connectivity index (χ0n) is 9.21. The number of rotatable bonds is 7. The van der Waals surface area contributed by atoms with Gasteiger partial charge in [-0.05, 0) is 25.2 Å². The van der Waals surface area contributed by atoms with Crippen molar-refractivity contribution in [3.8, 4) is 0 Å². The van der Waals surface area contributed by atoms with Gasteiger partial charge >= 0.3 is 0 Å². The molecule has 3 heteroatoms. The number of carbonyl (C=O) groups excluding carboxylic acids is 1. The lowest BCUT2D eigenvalue weighted by atomic mass is 10.1. The van der Waals surface area contributed by atoms with Crippen LogP contribution in [-0.4, -0.2) is 25.7 Å². The van der Waals surface area contributed by atoms with Crippen LogP contribution in [-0.2, 0) is 9.53 Å². The van der Waals surface area contributed by atoms with Crippen molar-refractivity contribution >= 4 is 5.91 Å². The van der Waals surface area contributed by atoms with Crippen LogP contribution >= 0.6 is 0 Å². The quantitative estimate of drug-likeness (QED) is 0.632. The first-order valence-electron chi connectivity index (χ1n) is 5.55.